The maximum absolute atomic E-state index is 14.1. The summed E-state index contributed by atoms with van der Waals surface area (Å²) in [6.07, 6.45) is 3.91. The Hall–Kier alpha value is -3.07. The number of halogens is 2. The SMILES string of the molecule is Cc1ccc(S(=O)(=O)N(CC(=O)N(Cc2cccc(C)c2)[C@H](C)C(=O)NC2CCCC2)c2cc(Cl)ccc2Cl)cc1. The van der Waals surface area contributed by atoms with Crippen molar-refractivity contribution in [3.8, 4) is 0 Å². The Morgan fingerprint density at radius 3 is 2.29 bits per heavy atom. The van der Waals surface area contributed by atoms with Crippen molar-refractivity contribution in [3.63, 3.8) is 0 Å². The van der Waals surface area contributed by atoms with Crippen LogP contribution in [-0.2, 0) is 26.2 Å². The molecule has 0 spiro atoms. The average Bonchev–Trinajstić information content (AvgIpc) is 3.44. The van der Waals surface area contributed by atoms with Crippen molar-refractivity contribution in [2.24, 2.45) is 0 Å². The summed E-state index contributed by atoms with van der Waals surface area (Å²) in [7, 11) is -4.24. The van der Waals surface area contributed by atoms with Crippen LogP contribution in [0.4, 0.5) is 5.69 Å². The number of anilines is 1. The van der Waals surface area contributed by atoms with E-state index in [1.807, 2.05) is 38.1 Å². The highest BCUT2D eigenvalue weighted by Gasteiger charge is 2.34. The van der Waals surface area contributed by atoms with Crippen LogP contribution in [0.1, 0.15) is 49.3 Å². The molecule has 1 aliphatic rings. The van der Waals surface area contributed by atoms with E-state index in [0.717, 1.165) is 46.7 Å². The lowest BCUT2D eigenvalue weighted by atomic mass is 10.1. The molecule has 0 aromatic heterocycles. The van der Waals surface area contributed by atoms with Gasteiger partial charge < -0.3 is 10.2 Å². The fourth-order valence-corrected chi connectivity index (χ4v) is 6.87. The lowest BCUT2D eigenvalue weighted by Gasteiger charge is -2.32. The first kappa shape index (κ1) is 30.9. The Bertz CT molecular complexity index is 1510. The molecule has 1 fully saturated rings. The standard InChI is InChI=1S/C31H35Cl2N3O4S/c1-21-11-14-27(15-12-21)41(39,40)36(29-18-25(32)13-16-28(29)33)20-30(37)35(19-24-8-6-7-22(2)17-24)23(3)31(38)34-26-9-4-5-10-26/h6-8,11-18,23,26H,4-5,9-10,19-20H2,1-3H3,(H,34,38)/t23-/m1/s1. The molecule has 1 aliphatic carbocycles. The van der Waals surface area contributed by atoms with Crippen molar-refractivity contribution >= 4 is 50.7 Å². The molecule has 0 bridgehead atoms. The first-order valence-corrected chi connectivity index (χ1v) is 15.8. The highest BCUT2D eigenvalue weighted by molar-refractivity contribution is 7.92. The summed E-state index contributed by atoms with van der Waals surface area (Å²) in [6.45, 7) is 5.02. The maximum atomic E-state index is 14.1. The molecule has 0 heterocycles. The number of sulfonamides is 1. The molecule has 0 aliphatic heterocycles. The van der Waals surface area contributed by atoms with Gasteiger partial charge in [0.25, 0.3) is 10.0 Å². The third-order valence-corrected chi connectivity index (χ3v) is 9.70. The molecule has 2 amide bonds. The number of hydrogen-bond acceptors (Lipinski definition) is 4. The van der Waals surface area contributed by atoms with Crippen LogP contribution in [-0.4, -0.2) is 43.8 Å². The van der Waals surface area contributed by atoms with Crippen molar-refractivity contribution in [3.05, 3.63) is 93.5 Å². The minimum atomic E-state index is -4.24. The smallest absolute Gasteiger partial charge is 0.264 e. The molecular weight excluding hydrogens is 581 g/mol. The molecule has 4 rings (SSSR count). The van der Waals surface area contributed by atoms with Gasteiger partial charge in [-0.3, -0.25) is 13.9 Å². The summed E-state index contributed by atoms with van der Waals surface area (Å²) in [5.74, 6) is -0.820. The zero-order valence-electron chi connectivity index (χ0n) is 23.4. The number of nitrogens with one attached hydrogen (secondary N) is 1. The second kappa shape index (κ2) is 13.3. The minimum absolute atomic E-state index is 0.00389. The van der Waals surface area contributed by atoms with Gasteiger partial charge in [-0.2, -0.15) is 0 Å². The third kappa shape index (κ3) is 7.61. The highest BCUT2D eigenvalue weighted by atomic mass is 35.5. The molecule has 1 atom stereocenters. The van der Waals surface area contributed by atoms with E-state index in [2.05, 4.69) is 5.32 Å². The molecule has 1 N–H and O–H groups in total. The van der Waals surface area contributed by atoms with Gasteiger partial charge in [0, 0.05) is 17.6 Å². The van der Waals surface area contributed by atoms with Crippen molar-refractivity contribution in [2.45, 2.75) is 70.0 Å². The van der Waals surface area contributed by atoms with Gasteiger partial charge in [0.1, 0.15) is 12.6 Å². The second-order valence-corrected chi connectivity index (χ2v) is 13.3. The quantitative estimate of drug-likeness (QED) is 0.291. The zero-order valence-corrected chi connectivity index (χ0v) is 25.8. The Labute approximate surface area is 252 Å². The first-order chi connectivity index (χ1) is 19.5. The Balaban J connectivity index is 1.72. The summed E-state index contributed by atoms with van der Waals surface area (Å²) >= 11 is 12.7. The van der Waals surface area contributed by atoms with E-state index in [1.54, 1.807) is 25.1 Å². The van der Waals surface area contributed by atoms with E-state index in [1.165, 1.54) is 29.2 Å². The second-order valence-electron chi connectivity index (χ2n) is 10.6. The Kier molecular flexibility index (Phi) is 10.00. The highest BCUT2D eigenvalue weighted by Crippen LogP contribution is 2.33. The van der Waals surface area contributed by atoms with Gasteiger partial charge in [-0.15, -0.1) is 0 Å². The number of nitrogens with zero attached hydrogens (tertiary/aromatic N) is 2. The first-order valence-electron chi connectivity index (χ1n) is 13.7. The Morgan fingerprint density at radius 2 is 1.63 bits per heavy atom. The topological polar surface area (TPSA) is 86.8 Å². The number of hydrogen-bond donors (Lipinski definition) is 1. The minimum Gasteiger partial charge on any atom is -0.352 e. The monoisotopic (exact) mass is 615 g/mol. The van der Waals surface area contributed by atoms with Crippen molar-refractivity contribution in [1.29, 1.82) is 0 Å². The van der Waals surface area contributed by atoms with E-state index >= 15 is 0 Å². The van der Waals surface area contributed by atoms with Crippen LogP contribution in [0.2, 0.25) is 10.0 Å². The van der Waals surface area contributed by atoms with Gasteiger partial charge in [0.05, 0.1) is 15.6 Å². The lowest BCUT2D eigenvalue weighted by Crippen LogP contribution is -2.52. The number of benzene rings is 3. The average molecular weight is 617 g/mol. The third-order valence-electron chi connectivity index (χ3n) is 7.37. The molecule has 41 heavy (non-hydrogen) atoms. The van der Waals surface area contributed by atoms with Crippen molar-refractivity contribution in [1.82, 2.24) is 10.2 Å². The van der Waals surface area contributed by atoms with Crippen LogP contribution in [0.25, 0.3) is 0 Å². The van der Waals surface area contributed by atoms with Crippen LogP contribution < -0.4 is 9.62 Å². The van der Waals surface area contributed by atoms with Crippen molar-refractivity contribution < 1.29 is 18.0 Å². The predicted molar refractivity (Wildman–Crippen MR) is 164 cm³/mol. The molecule has 0 radical (unpaired) electrons. The van der Waals surface area contributed by atoms with E-state index in [9.17, 15) is 18.0 Å². The van der Waals surface area contributed by atoms with Crippen LogP contribution >= 0.6 is 23.2 Å². The summed E-state index contributed by atoms with van der Waals surface area (Å²) < 4.78 is 28.9. The number of carbonyl (C=O) groups excluding carboxylic acids is 2. The van der Waals surface area contributed by atoms with Gasteiger partial charge in [-0.25, -0.2) is 8.42 Å². The van der Waals surface area contributed by atoms with Gasteiger partial charge in [-0.05, 0) is 69.5 Å². The van der Waals surface area contributed by atoms with E-state index < -0.39 is 28.5 Å². The lowest BCUT2D eigenvalue weighted by molar-refractivity contribution is -0.139. The zero-order chi connectivity index (χ0) is 29.7. The van der Waals surface area contributed by atoms with Crippen LogP contribution in [0.3, 0.4) is 0 Å². The van der Waals surface area contributed by atoms with Crippen LogP contribution in [0, 0.1) is 13.8 Å². The van der Waals surface area contributed by atoms with E-state index in [-0.39, 0.29) is 39.1 Å². The normalized spacial score (nSPS) is 14.5. The van der Waals surface area contributed by atoms with Gasteiger partial charge >= 0.3 is 0 Å². The number of amides is 2. The molecule has 0 saturated heterocycles. The molecule has 3 aromatic carbocycles. The van der Waals surface area contributed by atoms with E-state index in [0.29, 0.717) is 0 Å². The van der Waals surface area contributed by atoms with E-state index in [4.69, 9.17) is 23.2 Å². The molecule has 218 valence electrons. The van der Waals surface area contributed by atoms with Crippen molar-refractivity contribution in [2.75, 3.05) is 10.8 Å². The molecule has 7 nitrogen and oxygen atoms in total. The predicted octanol–water partition coefficient (Wildman–Crippen LogP) is 6.28. The number of carbonyl (C=O) groups is 2. The fourth-order valence-electron chi connectivity index (χ4n) is 5.01. The van der Waals surface area contributed by atoms with Gasteiger partial charge in [0.15, 0.2) is 0 Å². The van der Waals surface area contributed by atoms with Crippen LogP contribution in [0.5, 0.6) is 0 Å². The summed E-state index contributed by atoms with van der Waals surface area (Å²) in [5, 5.41) is 3.46. The van der Waals surface area contributed by atoms with Crippen LogP contribution in [0.15, 0.2) is 71.6 Å². The number of rotatable bonds is 10. The maximum Gasteiger partial charge on any atom is 0.264 e. The number of aryl methyl sites for hydroxylation is 2. The summed E-state index contributed by atoms with van der Waals surface area (Å²) in [4.78, 5) is 28.9. The molecule has 10 heteroatoms. The largest absolute Gasteiger partial charge is 0.352 e. The van der Waals surface area contributed by atoms with Gasteiger partial charge in [0.2, 0.25) is 11.8 Å². The van der Waals surface area contributed by atoms with Gasteiger partial charge in [-0.1, -0.05) is 83.6 Å². The summed E-state index contributed by atoms with van der Waals surface area (Å²) in [6, 6.07) is 17.7. The Morgan fingerprint density at radius 1 is 0.951 bits per heavy atom. The fraction of sp³-hybridized carbons (Fsp3) is 0.355. The molecule has 1 saturated carbocycles. The summed E-state index contributed by atoms with van der Waals surface area (Å²) in [5.41, 5.74) is 2.80. The molecule has 0 unspecified atom stereocenters. The molecule has 3 aromatic rings. The molecular formula is C31H35Cl2N3O4S.